The number of hydrogen-bond donors (Lipinski definition) is 2. The number of thioether (sulfide) groups is 1. The topological polar surface area (TPSA) is 87.7 Å². The lowest BCUT2D eigenvalue weighted by Gasteiger charge is -2.39. The Morgan fingerprint density at radius 2 is 1.58 bits per heavy atom. The molecular formula is C37H51N3O4S. The number of fused-ring (bicyclic) bond motifs is 1. The summed E-state index contributed by atoms with van der Waals surface area (Å²) >= 11 is 1.60. The molecule has 3 amide bonds. The summed E-state index contributed by atoms with van der Waals surface area (Å²) in [7, 11) is 0. The number of ether oxygens (including phenoxy) is 1. The Morgan fingerprint density at radius 3 is 2.22 bits per heavy atom. The van der Waals surface area contributed by atoms with E-state index in [1.807, 2.05) is 87.7 Å². The zero-order valence-corrected chi connectivity index (χ0v) is 29.2. The van der Waals surface area contributed by atoms with Crippen LogP contribution in [0.4, 0.5) is 10.5 Å². The number of carbonyl (C=O) groups is 3. The highest BCUT2D eigenvalue weighted by Crippen LogP contribution is 2.32. The molecule has 3 aromatic carbocycles. The second-order valence-electron chi connectivity index (χ2n) is 13.4. The molecule has 0 aliphatic rings. The van der Waals surface area contributed by atoms with Crippen LogP contribution in [0, 0.1) is 19.8 Å². The van der Waals surface area contributed by atoms with Crippen LogP contribution in [0.1, 0.15) is 83.5 Å². The van der Waals surface area contributed by atoms with Crippen molar-refractivity contribution in [2.45, 2.75) is 98.4 Å². The average molecular weight is 634 g/mol. The van der Waals surface area contributed by atoms with Gasteiger partial charge in [0.1, 0.15) is 17.7 Å². The summed E-state index contributed by atoms with van der Waals surface area (Å²) in [6.45, 7) is 15.6. The molecule has 3 aromatic rings. The molecule has 0 radical (unpaired) electrons. The normalized spacial score (nSPS) is 13.6. The molecule has 0 bridgehead atoms. The quantitative estimate of drug-likeness (QED) is 0.197. The zero-order valence-electron chi connectivity index (χ0n) is 28.4. The highest BCUT2D eigenvalue weighted by molar-refractivity contribution is 7.98. The molecule has 3 unspecified atom stereocenters. The highest BCUT2D eigenvalue weighted by atomic mass is 32.2. The minimum atomic E-state index is -0.928. The fourth-order valence-electron chi connectivity index (χ4n) is 5.38. The number of benzene rings is 3. The molecule has 7 nitrogen and oxygen atoms in total. The molecule has 3 rings (SSSR count). The van der Waals surface area contributed by atoms with E-state index >= 15 is 0 Å². The van der Waals surface area contributed by atoms with Crippen LogP contribution in [-0.4, -0.2) is 52.5 Å². The largest absolute Gasteiger partial charge is 0.444 e. The average Bonchev–Trinajstić information content (AvgIpc) is 2.96. The summed E-state index contributed by atoms with van der Waals surface area (Å²) in [6.07, 6.45) is 3.30. The van der Waals surface area contributed by atoms with Crippen LogP contribution >= 0.6 is 11.8 Å². The van der Waals surface area contributed by atoms with Gasteiger partial charge in [0, 0.05) is 11.7 Å². The molecular weight excluding hydrogens is 582 g/mol. The van der Waals surface area contributed by atoms with E-state index < -0.39 is 23.8 Å². The first-order valence-corrected chi connectivity index (χ1v) is 17.3. The van der Waals surface area contributed by atoms with E-state index in [1.165, 1.54) is 0 Å². The van der Waals surface area contributed by atoms with Gasteiger partial charge in [-0.25, -0.2) is 4.79 Å². The van der Waals surface area contributed by atoms with Crippen LogP contribution in [0.3, 0.4) is 0 Å². The van der Waals surface area contributed by atoms with Crippen LogP contribution in [-0.2, 0) is 14.3 Å². The molecule has 3 atom stereocenters. The van der Waals surface area contributed by atoms with E-state index in [4.69, 9.17) is 4.74 Å². The van der Waals surface area contributed by atoms with Gasteiger partial charge in [0.15, 0.2) is 0 Å². The van der Waals surface area contributed by atoms with Crippen molar-refractivity contribution in [1.29, 1.82) is 0 Å². The Hall–Kier alpha value is -3.52. The molecule has 0 aliphatic heterocycles. The number of hydrogen-bond acceptors (Lipinski definition) is 5. The van der Waals surface area contributed by atoms with Gasteiger partial charge in [0.05, 0.1) is 0 Å². The minimum Gasteiger partial charge on any atom is -0.444 e. The number of amides is 3. The number of nitrogens with one attached hydrogen (secondary N) is 2. The van der Waals surface area contributed by atoms with Gasteiger partial charge in [0.25, 0.3) is 5.91 Å². The van der Waals surface area contributed by atoms with E-state index in [-0.39, 0.29) is 17.9 Å². The Bertz CT molecular complexity index is 1470. The van der Waals surface area contributed by atoms with Crippen molar-refractivity contribution in [2.75, 3.05) is 17.3 Å². The Morgan fingerprint density at radius 1 is 0.889 bits per heavy atom. The summed E-state index contributed by atoms with van der Waals surface area (Å²) in [5.41, 5.74) is 2.60. The third kappa shape index (κ3) is 10.5. The van der Waals surface area contributed by atoms with Crippen molar-refractivity contribution in [3.05, 3.63) is 77.4 Å². The van der Waals surface area contributed by atoms with Gasteiger partial charge in [-0.2, -0.15) is 11.8 Å². The molecule has 244 valence electrons. The molecule has 45 heavy (non-hydrogen) atoms. The van der Waals surface area contributed by atoms with Gasteiger partial charge >= 0.3 is 6.09 Å². The number of nitrogens with zero attached hydrogens (tertiary/aromatic N) is 1. The first-order valence-electron chi connectivity index (χ1n) is 15.9. The SMILES string of the molecule is CSCCC(NC(=O)OC(C)(C)C)C(=O)N(C(C)CCC(C)C)C(C(=O)Nc1ccc2ccccc2c1)c1cc(C)ccc1C. The summed E-state index contributed by atoms with van der Waals surface area (Å²) in [6, 6.07) is 17.7. The molecule has 0 aromatic heterocycles. The maximum absolute atomic E-state index is 14.7. The van der Waals surface area contributed by atoms with Crippen LogP contribution in [0.25, 0.3) is 10.8 Å². The Balaban J connectivity index is 2.13. The van der Waals surface area contributed by atoms with Gasteiger partial charge in [-0.1, -0.05) is 67.9 Å². The number of alkyl carbamates (subject to hydrolysis) is 1. The predicted molar refractivity (Wildman–Crippen MR) is 188 cm³/mol. The van der Waals surface area contributed by atoms with Crippen LogP contribution in [0.15, 0.2) is 60.7 Å². The number of carbonyl (C=O) groups excluding carboxylic acids is 3. The van der Waals surface area contributed by atoms with Gasteiger partial charge < -0.3 is 20.3 Å². The van der Waals surface area contributed by atoms with E-state index in [2.05, 4.69) is 24.5 Å². The van der Waals surface area contributed by atoms with Crippen molar-refractivity contribution in [3.63, 3.8) is 0 Å². The van der Waals surface area contributed by atoms with E-state index in [0.717, 1.165) is 33.9 Å². The molecule has 0 heterocycles. The fourth-order valence-corrected chi connectivity index (χ4v) is 5.86. The Kier molecular flexibility index (Phi) is 12.9. The minimum absolute atomic E-state index is 0.288. The third-order valence-electron chi connectivity index (χ3n) is 7.76. The fraction of sp³-hybridized carbons (Fsp3) is 0.486. The summed E-state index contributed by atoms with van der Waals surface area (Å²) in [4.78, 5) is 44.0. The number of rotatable bonds is 13. The summed E-state index contributed by atoms with van der Waals surface area (Å²) in [5.74, 6) is 0.468. The van der Waals surface area contributed by atoms with Gasteiger partial charge in [-0.15, -0.1) is 0 Å². The van der Waals surface area contributed by atoms with Crippen LogP contribution in [0.5, 0.6) is 0 Å². The van der Waals surface area contributed by atoms with Crippen molar-refractivity contribution >= 4 is 46.1 Å². The number of anilines is 1. The zero-order chi connectivity index (χ0) is 33.3. The molecule has 2 N–H and O–H groups in total. The standard InChI is InChI=1S/C37H51N3O4S/c1-24(2)14-17-27(5)40(35(42)32(20-21-45-9)39-36(43)44-37(6,7)8)33(31-22-25(3)15-16-26(31)4)34(41)38-30-19-18-28-12-10-11-13-29(28)23-30/h10-13,15-16,18-19,22-24,27,32-33H,14,17,20-21H2,1-9H3,(H,38,41)(H,39,43). The van der Waals surface area contributed by atoms with Crippen LogP contribution in [0.2, 0.25) is 0 Å². The van der Waals surface area contributed by atoms with Gasteiger partial charge in [-0.05, 0) is 113 Å². The lowest BCUT2D eigenvalue weighted by molar-refractivity contribution is -0.143. The third-order valence-corrected chi connectivity index (χ3v) is 8.41. The second-order valence-corrected chi connectivity index (χ2v) is 14.3. The molecule has 0 fully saturated rings. The van der Waals surface area contributed by atoms with Gasteiger partial charge in [-0.3, -0.25) is 9.59 Å². The van der Waals surface area contributed by atoms with Crippen molar-refractivity contribution in [1.82, 2.24) is 10.2 Å². The number of aryl methyl sites for hydroxylation is 2. The predicted octanol–water partition coefficient (Wildman–Crippen LogP) is 8.44. The molecule has 8 heteroatoms. The molecule has 0 saturated heterocycles. The van der Waals surface area contributed by atoms with Crippen molar-refractivity contribution in [3.8, 4) is 0 Å². The van der Waals surface area contributed by atoms with Crippen molar-refractivity contribution < 1.29 is 19.1 Å². The molecule has 0 aliphatic carbocycles. The maximum Gasteiger partial charge on any atom is 0.408 e. The van der Waals surface area contributed by atoms with E-state index in [9.17, 15) is 14.4 Å². The first kappa shape index (κ1) is 36.0. The maximum atomic E-state index is 14.7. The molecule has 0 saturated carbocycles. The lowest BCUT2D eigenvalue weighted by atomic mass is 9.93. The van der Waals surface area contributed by atoms with Crippen LogP contribution < -0.4 is 10.6 Å². The highest BCUT2D eigenvalue weighted by Gasteiger charge is 2.39. The van der Waals surface area contributed by atoms with Crippen molar-refractivity contribution in [2.24, 2.45) is 5.92 Å². The summed E-state index contributed by atoms with van der Waals surface area (Å²) < 4.78 is 5.55. The van der Waals surface area contributed by atoms with Gasteiger partial charge in [0.2, 0.25) is 5.91 Å². The summed E-state index contributed by atoms with van der Waals surface area (Å²) in [5, 5.41) is 8.08. The van der Waals surface area contributed by atoms with E-state index in [1.54, 1.807) is 37.4 Å². The van der Waals surface area contributed by atoms with E-state index in [0.29, 0.717) is 30.2 Å². The smallest absolute Gasteiger partial charge is 0.408 e. The monoisotopic (exact) mass is 633 g/mol. The lowest BCUT2D eigenvalue weighted by Crippen LogP contribution is -2.55. The Labute approximate surface area is 273 Å². The molecule has 0 spiro atoms. The second kappa shape index (κ2) is 16.2. The first-order chi connectivity index (χ1) is 21.2.